The maximum Gasteiger partial charge on any atom is 0.223 e. The van der Waals surface area contributed by atoms with Gasteiger partial charge >= 0.3 is 0 Å². The van der Waals surface area contributed by atoms with E-state index in [0.29, 0.717) is 23.5 Å². The van der Waals surface area contributed by atoms with Crippen molar-refractivity contribution >= 4 is 24.4 Å². The normalized spacial score (nSPS) is 11.7. The average molecular weight is 464 g/mol. The molecule has 0 amide bonds. The number of aryl methyl sites for hydroxylation is 3. The van der Waals surface area contributed by atoms with Gasteiger partial charge in [-0.25, -0.2) is 0 Å². The van der Waals surface area contributed by atoms with E-state index < -0.39 is 13.3 Å². The minimum absolute atomic E-state index is 0.150. The Morgan fingerprint density at radius 2 is 1.45 bits per heavy atom. The number of hydrogen-bond acceptors (Lipinski definition) is 5. The molecule has 1 atom stereocenters. The van der Waals surface area contributed by atoms with Gasteiger partial charge in [-0.2, -0.15) is 0 Å². The SMILES string of the molecule is CCOc1ccc(C(=O)c2ccccc2)c(OCC)c1[PH](=O)C(=O)c1c(C)cc(C)cc1C. The third-order valence-corrected chi connectivity index (χ3v) is 6.92. The first-order valence-electron chi connectivity index (χ1n) is 11.0. The molecule has 0 fully saturated rings. The topological polar surface area (TPSA) is 69.7 Å². The highest BCUT2D eigenvalue weighted by Crippen LogP contribution is 2.39. The van der Waals surface area contributed by atoms with Crippen molar-refractivity contribution in [3.63, 3.8) is 0 Å². The molecule has 6 heteroatoms. The minimum atomic E-state index is -3.09. The van der Waals surface area contributed by atoms with Crippen LogP contribution in [0.4, 0.5) is 0 Å². The fraction of sp³-hybridized carbons (Fsp3) is 0.259. The van der Waals surface area contributed by atoms with Crippen LogP contribution in [0.25, 0.3) is 0 Å². The summed E-state index contributed by atoms with van der Waals surface area (Å²) in [6.07, 6.45) is 0. The summed E-state index contributed by atoms with van der Waals surface area (Å²) in [5, 5.41) is 0.162. The zero-order valence-corrected chi connectivity index (χ0v) is 20.7. The Morgan fingerprint density at radius 3 is 2.03 bits per heavy atom. The quantitative estimate of drug-likeness (QED) is 0.302. The lowest BCUT2D eigenvalue weighted by atomic mass is 10.0. The Labute approximate surface area is 195 Å². The van der Waals surface area contributed by atoms with E-state index >= 15 is 0 Å². The molecule has 172 valence electrons. The summed E-state index contributed by atoms with van der Waals surface area (Å²) in [4.78, 5) is 26.8. The summed E-state index contributed by atoms with van der Waals surface area (Å²) in [6, 6.07) is 15.8. The molecule has 0 radical (unpaired) electrons. The van der Waals surface area contributed by atoms with E-state index in [9.17, 15) is 14.2 Å². The highest BCUT2D eigenvalue weighted by molar-refractivity contribution is 7.72. The molecule has 3 aromatic rings. The van der Waals surface area contributed by atoms with Gasteiger partial charge in [0.05, 0.1) is 18.8 Å². The zero-order valence-electron chi connectivity index (χ0n) is 19.7. The van der Waals surface area contributed by atoms with Gasteiger partial charge in [-0.15, -0.1) is 0 Å². The molecule has 5 nitrogen and oxygen atoms in total. The van der Waals surface area contributed by atoms with Crippen LogP contribution in [0.1, 0.15) is 56.8 Å². The molecule has 0 N–H and O–H groups in total. The van der Waals surface area contributed by atoms with Crippen LogP contribution in [0.5, 0.6) is 11.5 Å². The lowest BCUT2D eigenvalue weighted by Crippen LogP contribution is -2.18. The molecule has 0 aromatic heterocycles. The van der Waals surface area contributed by atoms with E-state index in [-0.39, 0.29) is 29.0 Å². The van der Waals surface area contributed by atoms with Crippen molar-refractivity contribution in [1.82, 2.24) is 0 Å². The molecule has 0 saturated heterocycles. The predicted molar refractivity (Wildman–Crippen MR) is 132 cm³/mol. The molecule has 0 aliphatic carbocycles. The molecule has 0 aliphatic rings. The van der Waals surface area contributed by atoms with Gasteiger partial charge in [-0.3, -0.25) is 9.59 Å². The van der Waals surface area contributed by atoms with Crippen molar-refractivity contribution in [3.05, 3.63) is 88.0 Å². The third kappa shape index (κ3) is 5.09. The van der Waals surface area contributed by atoms with E-state index in [1.54, 1.807) is 50.2 Å². The van der Waals surface area contributed by atoms with Gasteiger partial charge in [0.2, 0.25) is 5.52 Å². The van der Waals surface area contributed by atoms with Crippen LogP contribution in [0.15, 0.2) is 54.6 Å². The summed E-state index contributed by atoms with van der Waals surface area (Å²) in [5.74, 6) is 0.176. The number of carbonyl (C=O) groups is 2. The second-order valence-electron chi connectivity index (χ2n) is 7.81. The van der Waals surface area contributed by atoms with Crippen molar-refractivity contribution in [2.45, 2.75) is 34.6 Å². The van der Waals surface area contributed by atoms with Gasteiger partial charge in [0.15, 0.2) is 13.6 Å². The van der Waals surface area contributed by atoms with Crippen LogP contribution in [0.2, 0.25) is 0 Å². The summed E-state index contributed by atoms with van der Waals surface area (Å²) < 4.78 is 25.4. The first-order chi connectivity index (χ1) is 15.8. The number of hydrogen-bond donors (Lipinski definition) is 0. The Balaban J connectivity index is 2.21. The van der Waals surface area contributed by atoms with Gasteiger partial charge in [0.25, 0.3) is 0 Å². The maximum atomic E-state index is 13.8. The van der Waals surface area contributed by atoms with Crippen LogP contribution in [-0.2, 0) is 4.57 Å². The first kappa shape index (κ1) is 24.5. The largest absolute Gasteiger partial charge is 0.493 e. The Hall–Kier alpha value is -3.17. The van der Waals surface area contributed by atoms with Crippen LogP contribution < -0.4 is 14.8 Å². The van der Waals surface area contributed by atoms with Crippen molar-refractivity contribution in [1.29, 1.82) is 0 Å². The molecule has 0 bridgehead atoms. The molecule has 0 saturated carbocycles. The molecule has 0 heterocycles. The predicted octanol–water partition coefficient (Wildman–Crippen LogP) is 5.67. The van der Waals surface area contributed by atoms with Crippen molar-refractivity contribution in [3.8, 4) is 11.5 Å². The standard InChI is InChI=1S/C27H29O5P/c1-6-31-22-14-13-21(24(28)20-11-9-8-10-12-20)25(32-7-2)26(22)33(30)27(29)23-18(4)15-17(3)16-19(23)5/h8-16,33H,6-7H2,1-5H3. The monoisotopic (exact) mass is 464 g/mol. The van der Waals surface area contributed by atoms with Crippen LogP contribution >= 0.6 is 7.80 Å². The zero-order chi connectivity index (χ0) is 24.1. The van der Waals surface area contributed by atoms with Gasteiger partial charge in [0, 0.05) is 11.1 Å². The fourth-order valence-electron chi connectivity index (χ4n) is 4.04. The summed E-state index contributed by atoms with van der Waals surface area (Å²) in [7, 11) is -3.09. The molecule has 0 aliphatic heterocycles. The van der Waals surface area contributed by atoms with Crippen LogP contribution in [-0.4, -0.2) is 24.5 Å². The number of carbonyl (C=O) groups excluding carboxylic acids is 2. The highest BCUT2D eigenvalue weighted by atomic mass is 31.1. The van der Waals surface area contributed by atoms with Crippen LogP contribution in [0.3, 0.4) is 0 Å². The molecular weight excluding hydrogens is 435 g/mol. The molecule has 3 rings (SSSR count). The first-order valence-corrected chi connectivity index (χ1v) is 12.4. The molecular formula is C27H29O5P. The van der Waals surface area contributed by atoms with E-state index in [4.69, 9.17) is 9.47 Å². The fourth-order valence-corrected chi connectivity index (χ4v) is 5.68. The Kier molecular flexibility index (Phi) is 7.88. The number of ketones is 1. The number of rotatable bonds is 9. The third-order valence-electron chi connectivity index (χ3n) is 5.33. The average Bonchev–Trinajstić information content (AvgIpc) is 2.78. The van der Waals surface area contributed by atoms with Crippen molar-refractivity contribution in [2.75, 3.05) is 13.2 Å². The van der Waals surface area contributed by atoms with Gasteiger partial charge in [-0.1, -0.05) is 48.0 Å². The van der Waals surface area contributed by atoms with Gasteiger partial charge < -0.3 is 14.0 Å². The van der Waals surface area contributed by atoms with Crippen LogP contribution in [0, 0.1) is 20.8 Å². The molecule has 1 unspecified atom stereocenters. The minimum Gasteiger partial charge on any atom is -0.493 e. The van der Waals surface area contributed by atoms with Gasteiger partial charge in [-0.05, 0) is 57.9 Å². The smallest absolute Gasteiger partial charge is 0.223 e. The van der Waals surface area contributed by atoms with E-state index in [1.165, 1.54) is 0 Å². The highest BCUT2D eigenvalue weighted by Gasteiger charge is 2.30. The van der Waals surface area contributed by atoms with Crippen molar-refractivity contribution < 1.29 is 23.6 Å². The van der Waals surface area contributed by atoms with Gasteiger partial charge in [0.1, 0.15) is 16.8 Å². The second kappa shape index (κ2) is 10.6. The Morgan fingerprint density at radius 1 is 0.848 bits per heavy atom. The summed E-state index contributed by atoms with van der Waals surface area (Å²) in [6.45, 7) is 9.77. The van der Waals surface area contributed by atoms with E-state index in [1.807, 2.05) is 39.0 Å². The summed E-state index contributed by atoms with van der Waals surface area (Å²) >= 11 is 0. The number of benzene rings is 3. The lowest BCUT2D eigenvalue weighted by molar-refractivity contribution is 0.103. The molecule has 33 heavy (non-hydrogen) atoms. The van der Waals surface area contributed by atoms with E-state index in [0.717, 1.165) is 16.7 Å². The summed E-state index contributed by atoms with van der Waals surface area (Å²) in [5.41, 5.74) is 3.26. The molecule has 0 spiro atoms. The maximum absolute atomic E-state index is 13.8. The second-order valence-corrected chi connectivity index (χ2v) is 9.42. The Bertz CT molecular complexity index is 1190. The molecule has 3 aromatic carbocycles. The van der Waals surface area contributed by atoms with E-state index in [2.05, 4.69) is 0 Å². The van der Waals surface area contributed by atoms with Crippen molar-refractivity contribution in [2.24, 2.45) is 0 Å². The number of ether oxygens (including phenoxy) is 2. The lowest BCUT2D eigenvalue weighted by Gasteiger charge is -2.19.